The van der Waals surface area contributed by atoms with Crippen LogP contribution in [-0.2, 0) is 9.53 Å². The van der Waals surface area contributed by atoms with Crippen LogP contribution in [0.5, 0.6) is 0 Å². The molecule has 0 atom stereocenters. The van der Waals surface area contributed by atoms with Crippen LogP contribution in [0.4, 0.5) is 5.69 Å². The highest BCUT2D eigenvalue weighted by Crippen LogP contribution is 2.27. The Hall–Kier alpha value is -0.910. The minimum absolute atomic E-state index is 0.0496. The fraction of sp³-hybridized carbons (Fsp3) is 0.364. The van der Waals surface area contributed by atoms with E-state index in [2.05, 4.69) is 5.32 Å². The third kappa shape index (κ3) is 5.30. The molecule has 0 spiro atoms. The maximum atomic E-state index is 11.4. The first-order valence-electron chi connectivity index (χ1n) is 5.07. The number of nitrogens with two attached hydrogens (primary N) is 1. The van der Waals surface area contributed by atoms with Crippen molar-refractivity contribution in [2.75, 3.05) is 31.7 Å². The summed E-state index contributed by atoms with van der Waals surface area (Å²) in [5, 5.41) is 3.34. The molecule has 0 saturated heterocycles. The van der Waals surface area contributed by atoms with Crippen molar-refractivity contribution in [3.63, 3.8) is 0 Å². The molecule has 0 aliphatic heterocycles. The number of ether oxygens (including phenoxy) is 1. The second-order valence-electron chi connectivity index (χ2n) is 3.31. The Labute approximate surface area is 110 Å². The highest BCUT2D eigenvalue weighted by Gasteiger charge is 2.05. The standard InChI is InChI=1S/C11H15ClN2O2S/c1-16-5-4-14-11(15)7-17-10-6-8(12)2-3-9(10)13/h2-3,6H,4-5,7,13H2,1H3,(H,14,15). The van der Waals surface area contributed by atoms with Crippen LogP contribution in [0.2, 0.25) is 5.02 Å². The van der Waals surface area contributed by atoms with Crippen molar-refractivity contribution < 1.29 is 9.53 Å². The minimum Gasteiger partial charge on any atom is -0.398 e. The van der Waals surface area contributed by atoms with Crippen LogP contribution in [0.25, 0.3) is 0 Å². The van der Waals surface area contributed by atoms with Crippen molar-refractivity contribution in [2.24, 2.45) is 0 Å². The van der Waals surface area contributed by atoms with Crippen LogP contribution < -0.4 is 11.1 Å². The molecule has 0 aromatic heterocycles. The summed E-state index contributed by atoms with van der Waals surface area (Å²) in [6, 6.07) is 5.21. The first-order valence-corrected chi connectivity index (χ1v) is 6.43. The highest BCUT2D eigenvalue weighted by molar-refractivity contribution is 8.00. The van der Waals surface area contributed by atoms with E-state index < -0.39 is 0 Å². The molecular weight excluding hydrogens is 260 g/mol. The monoisotopic (exact) mass is 274 g/mol. The first kappa shape index (κ1) is 14.2. The van der Waals surface area contributed by atoms with Crippen molar-refractivity contribution in [1.29, 1.82) is 0 Å². The number of hydrogen-bond donors (Lipinski definition) is 2. The van der Waals surface area contributed by atoms with Gasteiger partial charge in [0.05, 0.1) is 12.4 Å². The summed E-state index contributed by atoms with van der Waals surface area (Å²) in [5.41, 5.74) is 6.39. The Morgan fingerprint density at radius 1 is 1.59 bits per heavy atom. The van der Waals surface area contributed by atoms with E-state index in [-0.39, 0.29) is 5.91 Å². The van der Waals surface area contributed by atoms with Gasteiger partial charge in [0.15, 0.2) is 0 Å². The van der Waals surface area contributed by atoms with Gasteiger partial charge in [-0.3, -0.25) is 4.79 Å². The Morgan fingerprint density at radius 3 is 3.06 bits per heavy atom. The number of thioether (sulfide) groups is 1. The second kappa shape index (κ2) is 7.42. The van der Waals surface area contributed by atoms with Crippen LogP contribution in [0.1, 0.15) is 0 Å². The molecule has 0 aliphatic rings. The lowest BCUT2D eigenvalue weighted by Gasteiger charge is -2.06. The zero-order chi connectivity index (χ0) is 12.7. The van der Waals surface area contributed by atoms with Gasteiger partial charge in [-0.1, -0.05) is 11.6 Å². The van der Waals surface area contributed by atoms with Crippen molar-refractivity contribution in [2.45, 2.75) is 4.90 Å². The summed E-state index contributed by atoms with van der Waals surface area (Å²) in [5.74, 6) is 0.264. The van der Waals surface area contributed by atoms with Gasteiger partial charge in [-0.15, -0.1) is 11.8 Å². The van der Waals surface area contributed by atoms with E-state index in [0.29, 0.717) is 29.6 Å². The zero-order valence-electron chi connectivity index (χ0n) is 9.53. The van der Waals surface area contributed by atoms with E-state index in [4.69, 9.17) is 22.1 Å². The predicted molar refractivity (Wildman–Crippen MR) is 71.5 cm³/mol. The van der Waals surface area contributed by atoms with Gasteiger partial charge in [-0.05, 0) is 18.2 Å². The van der Waals surface area contributed by atoms with Crippen LogP contribution in [0.3, 0.4) is 0 Å². The molecule has 94 valence electrons. The van der Waals surface area contributed by atoms with Crippen molar-refractivity contribution in [1.82, 2.24) is 5.32 Å². The SMILES string of the molecule is COCCNC(=O)CSc1cc(Cl)ccc1N. The number of amides is 1. The quantitative estimate of drug-likeness (QED) is 0.471. The number of rotatable bonds is 6. The Morgan fingerprint density at radius 2 is 2.35 bits per heavy atom. The highest BCUT2D eigenvalue weighted by atomic mass is 35.5. The van der Waals surface area contributed by atoms with Crippen molar-refractivity contribution >= 4 is 35.0 Å². The van der Waals surface area contributed by atoms with Crippen LogP contribution in [0, 0.1) is 0 Å². The number of nitrogen functional groups attached to an aromatic ring is 1. The number of halogens is 1. The summed E-state index contributed by atoms with van der Waals surface area (Å²) in [6.45, 7) is 1.02. The number of carbonyl (C=O) groups is 1. The lowest BCUT2D eigenvalue weighted by Crippen LogP contribution is -2.28. The molecule has 1 aromatic rings. The number of nitrogens with one attached hydrogen (secondary N) is 1. The Balaban J connectivity index is 2.39. The van der Waals surface area contributed by atoms with E-state index in [1.807, 2.05) is 0 Å². The molecular formula is C11H15ClN2O2S. The summed E-state index contributed by atoms with van der Waals surface area (Å²) >= 11 is 7.21. The topological polar surface area (TPSA) is 64.3 Å². The number of methoxy groups -OCH3 is 1. The molecule has 17 heavy (non-hydrogen) atoms. The zero-order valence-corrected chi connectivity index (χ0v) is 11.1. The lowest BCUT2D eigenvalue weighted by molar-refractivity contribution is -0.118. The molecule has 6 heteroatoms. The molecule has 0 saturated carbocycles. The van der Waals surface area contributed by atoms with Crippen LogP contribution in [0.15, 0.2) is 23.1 Å². The van der Waals surface area contributed by atoms with Gasteiger partial charge in [0.2, 0.25) is 5.91 Å². The molecule has 1 rings (SSSR count). The predicted octanol–water partition coefficient (Wildman–Crippen LogP) is 1.78. The average molecular weight is 275 g/mol. The minimum atomic E-state index is -0.0496. The third-order valence-corrected chi connectivity index (χ3v) is 3.27. The van der Waals surface area contributed by atoms with Gasteiger partial charge in [0.1, 0.15) is 0 Å². The number of anilines is 1. The molecule has 0 radical (unpaired) electrons. The number of carbonyl (C=O) groups excluding carboxylic acids is 1. The Kier molecular flexibility index (Phi) is 6.18. The molecule has 0 aliphatic carbocycles. The van der Waals surface area contributed by atoms with Gasteiger partial charge in [-0.25, -0.2) is 0 Å². The fourth-order valence-corrected chi connectivity index (χ4v) is 2.19. The smallest absolute Gasteiger partial charge is 0.230 e. The van der Waals surface area contributed by atoms with E-state index in [0.717, 1.165) is 4.90 Å². The van der Waals surface area contributed by atoms with Crippen molar-refractivity contribution in [3.05, 3.63) is 23.2 Å². The number of benzene rings is 1. The Bertz CT molecular complexity index is 388. The molecule has 1 aromatic carbocycles. The van der Waals surface area contributed by atoms with Gasteiger partial charge in [-0.2, -0.15) is 0 Å². The maximum Gasteiger partial charge on any atom is 0.230 e. The third-order valence-electron chi connectivity index (χ3n) is 1.96. The lowest BCUT2D eigenvalue weighted by atomic mass is 10.3. The molecule has 4 nitrogen and oxygen atoms in total. The fourth-order valence-electron chi connectivity index (χ4n) is 1.12. The van der Waals surface area contributed by atoms with Gasteiger partial charge < -0.3 is 15.8 Å². The summed E-state index contributed by atoms with van der Waals surface area (Å²) in [4.78, 5) is 12.2. The number of hydrogen-bond acceptors (Lipinski definition) is 4. The van der Waals surface area contributed by atoms with Crippen LogP contribution in [-0.4, -0.2) is 31.9 Å². The van der Waals surface area contributed by atoms with Gasteiger partial charge >= 0.3 is 0 Å². The van der Waals surface area contributed by atoms with Gasteiger partial charge in [0.25, 0.3) is 0 Å². The summed E-state index contributed by atoms with van der Waals surface area (Å²) < 4.78 is 4.83. The summed E-state index contributed by atoms with van der Waals surface area (Å²) in [6.07, 6.45) is 0. The van der Waals surface area contributed by atoms with Gasteiger partial charge in [0, 0.05) is 29.3 Å². The molecule has 0 fully saturated rings. The molecule has 1 amide bonds. The average Bonchev–Trinajstić information content (AvgIpc) is 2.31. The van der Waals surface area contributed by atoms with E-state index in [1.165, 1.54) is 11.8 Å². The molecule has 0 bridgehead atoms. The van der Waals surface area contributed by atoms with Crippen LogP contribution >= 0.6 is 23.4 Å². The van der Waals surface area contributed by atoms with Crippen molar-refractivity contribution in [3.8, 4) is 0 Å². The van der Waals surface area contributed by atoms with E-state index in [9.17, 15) is 4.79 Å². The normalized spacial score (nSPS) is 10.2. The van der Waals surface area contributed by atoms with E-state index >= 15 is 0 Å². The second-order valence-corrected chi connectivity index (χ2v) is 4.77. The van der Waals surface area contributed by atoms with E-state index in [1.54, 1.807) is 25.3 Å². The molecule has 0 unspecified atom stereocenters. The molecule has 0 heterocycles. The maximum absolute atomic E-state index is 11.4. The summed E-state index contributed by atoms with van der Waals surface area (Å²) in [7, 11) is 1.59. The first-order chi connectivity index (χ1) is 8.13. The largest absolute Gasteiger partial charge is 0.398 e. The molecule has 3 N–H and O–H groups in total.